The van der Waals surface area contributed by atoms with Crippen LogP contribution in [0.3, 0.4) is 0 Å². The van der Waals surface area contributed by atoms with E-state index in [4.69, 9.17) is 10.2 Å². The Bertz CT molecular complexity index is 371. The van der Waals surface area contributed by atoms with Gasteiger partial charge in [0.2, 0.25) is 0 Å². The Labute approximate surface area is 122 Å². The number of carboxylic acids is 2. The molecule has 0 aromatic heterocycles. The second-order valence-electron chi connectivity index (χ2n) is 4.82. The summed E-state index contributed by atoms with van der Waals surface area (Å²) in [5.74, 6) is -2.34. The third-order valence-corrected chi connectivity index (χ3v) is 3.17. The van der Waals surface area contributed by atoms with Crippen LogP contribution in [0.5, 0.6) is 0 Å². The smallest absolute Gasteiger partial charge is 0.326 e. The van der Waals surface area contributed by atoms with Crippen LogP contribution in [0.2, 0.25) is 0 Å². The van der Waals surface area contributed by atoms with Gasteiger partial charge in [-0.1, -0.05) is 0 Å². The fraction of sp³-hybridized carbons (Fsp3) is 0.750. The summed E-state index contributed by atoms with van der Waals surface area (Å²) in [5.41, 5.74) is 0. The molecule has 0 saturated carbocycles. The number of carbonyl (C=O) groups excluding carboxylic acids is 1. The zero-order valence-electron chi connectivity index (χ0n) is 11.8. The summed E-state index contributed by atoms with van der Waals surface area (Å²) in [6.45, 7) is 4.78. The van der Waals surface area contributed by atoms with E-state index in [2.05, 4.69) is 20.9 Å². The van der Waals surface area contributed by atoms with Gasteiger partial charge in [0.05, 0.1) is 0 Å². The Kier molecular flexibility index (Phi) is 7.48. The minimum absolute atomic E-state index is 0.143. The number of carbonyl (C=O) groups is 3. The molecule has 1 aliphatic heterocycles. The van der Waals surface area contributed by atoms with Crippen LogP contribution < -0.4 is 16.0 Å². The number of rotatable bonds is 8. The van der Waals surface area contributed by atoms with Crippen molar-refractivity contribution in [2.24, 2.45) is 0 Å². The van der Waals surface area contributed by atoms with E-state index in [-0.39, 0.29) is 12.8 Å². The quantitative estimate of drug-likeness (QED) is 0.369. The molecule has 1 fully saturated rings. The van der Waals surface area contributed by atoms with Gasteiger partial charge in [-0.15, -0.1) is 0 Å². The molecule has 1 atom stereocenters. The van der Waals surface area contributed by atoms with Gasteiger partial charge < -0.3 is 26.2 Å². The summed E-state index contributed by atoms with van der Waals surface area (Å²) in [6, 6.07) is -1.79. The summed E-state index contributed by atoms with van der Waals surface area (Å²) < 4.78 is 0. The molecule has 0 aromatic carbocycles. The van der Waals surface area contributed by atoms with E-state index in [1.165, 1.54) is 0 Å². The van der Waals surface area contributed by atoms with Gasteiger partial charge in [-0.3, -0.25) is 9.69 Å². The predicted octanol–water partition coefficient (Wildman–Crippen LogP) is -1.49. The molecule has 1 saturated heterocycles. The fourth-order valence-corrected chi connectivity index (χ4v) is 2.00. The van der Waals surface area contributed by atoms with Crippen LogP contribution in [-0.2, 0) is 9.59 Å². The Morgan fingerprint density at radius 2 is 1.86 bits per heavy atom. The highest BCUT2D eigenvalue weighted by molar-refractivity contribution is 5.82. The number of nitrogens with one attached hydrogen (secondary N) is 3. The maximum absolute atomic E-state index is 11.6. The number of amides is 2. The van der Waals surface area contributed by atoms with Crippen LogP contribution in [0.15, 0.2) is 0 Å². The molecular formula is C12H22N4O5. The number of urea groups is 1. The molecule has 0 radical (unpaired) electrons. The third-order valence-electron chi connectivity index (χ3n) is 3.17. The van der Waals surface area contributed by atoms with Crippen molar-refractivity contribution in [1.29, 1.82) is 0 Å². The Morgan fingerprint density at radius 3 is 2.43 bits per heavy atom. The minimum atomic E-state index is -1.24. The summed E-state index contributed by atoms with van der Waals surface area (Å²) in [5, 5.41) is 25.5. The maximum atomic E-state index is 11.6. The highest BCUT2D eigenvalue weighted by Gasteiger charge is 2.20. The van der Waals surface area contributed by atoms with Gasteiger partial charge in [0, 0.05) is 45.7 Å². The molecule has 1 rings (SSSR count). The summed E-state index contributed by atoms with van der Waals surface area (Å²) in [6.07, 6.45) is -0.450. The van der Waals surface area contributed by atoms with Crippen molar-refractivity contribution in [1.82, 2.24) is 20.9 Å². The lowest BCUT2D eigenvalue weighted by molar-refractivity contribution is -0.140. The number of hydrogen-bond acceptors (Lipinski definition) is 5. The first-order valence-electron chi connectivity index (χ1n) is 6.91. The lowest BCUT2D eigenvalue weighted by Gasteiger charge is -2.27. The van der Waals surface area contributed by atoms with Crippen LogP contribution in [0, 0.1) is 0 Å². The largest absolute Gasteiger partial charge is 0.481 e. The monoisotopic (exact) mass is 302 g/mol. The van der Waals surface area contributed by atoms with Crippen LogP contribution in [0.1, 0.15) is 12.8 Å². The average molecular weight is 302 g/mol. The SMILES string of the molecule is O=C(O)CCC(NC(=O)NCCN1CCNCC1)C(=O)O. The lowest BCUT2D eigenvalue weighted by Crippen LogP contribution is -2.49. The second-order valence-corrected chi connectivity index (χ2v) is 4.82. The number of nitrogens with zero attached hydrogens (tertiary/aromatic N) is 1. The molecule has 0 spiro atoms. The molecule has 0 aliphatic carbocycles. The summed E-state index contributed by atoms with van der Waals surface area (Å²) >= 11 is 0. The molecular weight excluding hydrogens is 280 g/mol. The first-order chi connectivity index (χ1) is 9.99. The molecule has 9 nitrogen and oxygen atoms in total. The van der Waals surface area contributed by atoms with E-state index in [1.54, 1.807) is 0 Å². The average Bonchev–Trinajstić information content (AvgIpc) is 2.44. The molecule has 0 aromatic rings. The van der Waals surface area contributed by atoms with Gasteiger partial charge in [-0.25, -0.2) is 9.59 Å². The number of hydrogen-bond donors (Lipinski definition) is 5. The fourth-order valence-electron chi connectivity index (χ4n) is 2.00. The van der Waals surface area contributed by atoms with Crippen LogP contribution >= 0.6 is 0 Å². The molecule has 9 heteroatoms. The first-order valence-corrected chi connectivity index (χ1v) is 6.91. The topological polar surface area (TPSA) is 131 Å². The van der Waals surface area contributed by atoms with E-state index in [1.807, 2.05) is 0 Å². The van der Waals surface area contributed by atoms with Crippen molar-refractivity contribution in [3.05, 3.63) is 0 Å². The van der Waals surface area contributed by atoms with Crippen molar-refractivity contribution in [3.8, 4) is 0 Å². The summed E-state index contributed by atoms with van der Waals surface area (Å²) in [4.78, 5) is 35.1. The Balaban J connectivity index is 2.22. The van der Waals surface area contributed by atoms with E-state index in [0.29, 0.717) is 13.1 Å². The van der Waals surface area contributed by atoms with Crippen molar-refractivity contribution >= 4 is 18.0 Å². The zero-order valence-corrected chi connectivity index (χ0v) is 11.8. The van der Waals surface area contributed by atoms with Gasteiger partial charge >= 0.3 is 18.0 Å². The van der Waals surface area contributed by atoms with Crippen LogP contribution in [-0.4, -0.2) is 78.4 Å². The van der Waals surface area contributed by atoms with E-state index < -0.39 is 24.0 Å². The Hall–Kier alpha value is -1.87. The minimum Gasteiger partial charge on any atom is -0.481 e. The van der Waals surface area contributed by atoms with E-state index in [0.717, 1.165) is 26.2 Å². The normalized spacial score (nSPS) is 17.0. The van der Waals surface area contributed by atoms with E-state index >= 15 is 0 Å². The van der Waals surface area contributed by atoms with Gasteiger partial charge in [0.25, 0.3) is 0 Å². The van der Waals surface area contributed by atoms with Crippen LogP contribution in [0.4, 0.5) is 4.79 Å². The van der Waals surface area contributed by atoms with Crippen molar-refractivity contribution < 1.29 is 24.6 Å². The molecule has 5 N–H and O–H groups in total. The third kappa shape index (κ3) is 7.47. The van der Waals surface area contributed by atoms with Gasteiger partial charge in [0.1, 0.15) is 6.04 Å². The summed E-state index contributed by atoms with van der Waals surface area (Å²) in [7, 11) is 0. The molecule has 21 heavy (non-hydrogen) atoms. The van der Waals surface area contributed by atoms with Crippen molar-refractivity contribution in [3.63, 3.8) is 0 Å². The number of piperazine rings is 1. The predicted molar refractivity (Wildman–Crippen MR) is 74.1 cm³/mol. The highest BCUT2D eigenvalue weighted by atomic mass is 16.4. The lowest BCUT2D eigenvalue weighted by atomic mass is 10.1. The second kappa shape index (κ2) is 9.14. The maximum Gasteiger partial charge on any atom is 0.326 e. The Morgan fingerprint density at radius 1 is 1.19 bits per heavy atom. The van der Waals surface area contributed by atoms with Gasteiger partial charge in [-0.2, -0.15) is 0 Å². The zero-order chi connectivity index (χ0) is 15.7. The van der Waals surface area contributed by atoms with Crippen LogP contribution in [0.25, 0.3) is 0 Å². The van der Waals surface area contributed by atoms with Gasteiger partial charge in [0.15, 0.2) is 0 Å². The molecule has 1 unspecified atom stereocenters. The van der Waals surface area contributed by atoms with Gasteiger partial charge in [-0.05, 0) is 6.42 Å². The molecule has 0 bridgehead atoms. The number of carboxylic acid groups (broad SMARTS) is 2. The van der Waals surface area contributed by atoms with Crippen molar-refractivity contribution in [2.75, 3.05) is 39.3 Å². The van der Waals surface area contributed by atoms with E-state index in [9.17, 15) is 14.4 Å². The highest BCUT2D eigenvalue weighted by Crippen LogP contribution is 1.98. The standard InChI is InChI=1S/C12H22N4O5/c17-10(18)2-1-9(11(19)20)15-12(21)14-5-8-16-6-3-13-4-7-16/h9,13H,1-8H2,(H,17,18)(H,19,20)(H2,14,15,21). The molecule has 1 aliphatic rings. The van der Waals surface area contributed by atoms with Crippen molar-refractivity contribution in [2.45, 2.75) is 18.9 Å². The molecule has 1 heterocycles. The first kappa shape index (κ1) is 17.2. The number of aliphatic carboxylic acids is 2. The molecule has 2 amide bonds. The molecule has 120 valence electrons.